The number of carboxylic acids is 1. The standard InChI is InChI=1S/C13H23N3O4S/c1-8(13(19)20)15-11(17)10-4-3-6-16(10)12(18)9(14)5-7-21-2/h8-10H,3-7,14H2,1-2H3,(H,15,17)(H,19,20)/t8-,9-,10-/m0/s1. The number of hydrogen-bond donors (Lipinski definition) is 3. The van der Waals surface area contributed by atoms with Crippen LogP contribution in [0.25, 0.3) is 0 Å². The van der Waals surface area contributed by atoms with E-state index in [1.807, 2.05) is 6.26 Å². The van der Waals surface area contributed by atoms with Crippen molar-refractivity contribution in [3.63, 3.8) is 0 Å². The van der Waals surface area contributed by atoms with Gasteiger partial charge in [-0.05, 0) is 38.2 Å². The van der Waals surface area contributed by atoms with Gasteiger partial charge in [0.05, 0.1) is 6.04 Å². The van der Waals surface area contributed by atoms with E-state index in [9.17, 15) is 14.4 Å². The van der Waals surface area contributed by atoms with Crippen LogP contribution in [0.5, 0.6) is 0 Å². The maximum absolute atomic E-state index is 12.3. The zero-order valence-corrected chi connectivity index (χ0v) is 13.2. The Hall–Kier alpha value is -1.28. The normalized spacial score (nSPS) is 20.9. The zero-order chi connectivity index (χ0) is 16.0. The predicted molar refractivity (Wildman–Crippen MR) is 80.9 cm³/mol. The number of carbonyl (C=O) groups is 3. The van der Waals surface area contributed by atoms with Gasteiger partial charge in [0, 0.05) is 6.54 Å². The molecule has 0 aromatic heterocycles. The second-order valence-electron chi connectivity index (χ2n) is 5.15. The summed E-state index contributed by atoms with van der Waals surface area (Å²) in [6.07, 6.45) is 3.77. The first kappa shape index (κ1) is 17.8. The van der Waals surface area contributed by atoms with E-state index in [0.717, 1.165) is 12.2 Å². The summed E-state index contributed by atoms with van der Waals surface area (Å²) >= 11 is 1.61. The lowest BCUT2D eigenvalue weighted by Gasteiger charge is -2.27. The molecule has 0 aliphatic carbocycles. The van der Waals surface area contributed by atoms with Crippen molar-refractivity contribution in [2.75, 3.05) is 18.6 Å². The maximum atomic E-state index is 12.3. The van der Waals surface area contributed by atoms with Gasteiger partial charge >= 0.3 is 5.97 Å². The van der Waals surface area contributed by atoms with E-state index in [0.29, 0.717) is 19.4 Å². The van der Waals surface area contributed by atoms with Gasteiger partial charge in [-0.2, -0.15) is 11.8 Å². The third-order valence-electron chi connectivity index (χ3n) is 3.52. The number of thioether (sulfide) groups is 1. The van der Waals surface area contributed by atoms with Crippen LogP contribution in [0.15, 0.2) is 0 Å². The van der Waals surface area contributed by atoms with Gasteiger partial charge in [0.15, 0.2) is 0 Å². The van der Waals surface area contributed by atoms with E-state index >= 15 is 0 Å². The van der Waals surface area contributed by atoms with Crippen LogP contribution in [0.1, 0.15) is 26.2 Å². The van der Waals surface area contributed by atoms with E-state index in [-0.39, 0.29) is 5.91 Å². The lowest BCUT2D eigenvalue weighted by Crippen LogP contribution is -2.53. The Morgan fingerprint density at radius 2 is 2.14 bits per heavy atom. The number of nitrogens with one attached hydrogen (secondary N) is 1. The smallest absolute Gasteiger partial charge is 0.325 e. The molecule has 1 saturated heterocycles. The number of nitrogens with two attached hydrogens (primary N) is 1. The molecule has 1 heterocycles. The summed E-state index contributed by atoms with van der Waals surface area (Å²) in [7, 11) is 0. The summed E-state index contributed by atoms with van der Waals surface area (Å²) in [6, 6.07) is -2.19. The second-order valence-corrected chi connectivity index (χ2v) is 6.13. The Kier molecular flexibility index (Phi) is 6.97. The van der Waals surface area contributed by atoms with Gasteiger partial charge in [0.25, 0.3) is 0 Å². The Morgan fingerprint density at radius 3 is 2.71 bits per heavy atom. The fourth-order valence-corrected chi connectivity index (χ4v) is 2.75. The number of likely N-dealkylation sites (tertiary alicyclic amines) is 1. The minimum Gasteiger partial charge on any atom is -0.480 e. The Balaban J connectivity index is 2.63. The molecule has 0 radical (unpaired) electrons. The molecular weight excluding hydrogens is 294 g/mol. The van der Waals surface area contributed by atoms with Gasteiger partial charge in [-0.1, -0.05) is 0 Å². The van der Waals surface area contributed by atoms with Crippen LogP contribution in [0, 0.1) is 0 Å². The molecule has 0 unspecified atom stereocenters. The summed E-state index contributed by atoms with van der Waals surface area (Å²) in [4.78, 5) is 36.6. The number of nitrogens with zero attached hydrogens (tertiary/aromatic N) is 1. The van der Waals surface area contributed by atoms with E-state index in [2.05, 4.69) is 5.32 Å². The summed E-state index contributed by atoms with van der Waals surface area (Å²) in [5.74, 6) is -0.971. The molecular formula is C13H23N3O4S. The van der Waals surface area contributed by atoms with E-state index < -0.39 is 30.0 Å². The van der Waals surface area contributed by atoms with Crippen LogP contribution in [-0.2, 0) is 14.4 Å². The van der Waals surface area contributed by atoms with Crippen LogP contribution in [0.4, 0.5) is 0 Å². The van der Waals surface area contributed by atoms with Crippen molar-refractivity contribution in [3.05, 3.63) is 0 Å². The molecule has 3 atom stereocenters. The minimum absolute atomic E-state index is 0.232. The number of carbonyl (C=O) groups excluding carboxylic acids is 2. The van der Waals surface area contributed by atoms with E-state index in [1.54, 1.807) is 11.8 Å². The molecule has 0 aromatic carbocycles. The van der Waals surface area contributed by atoms with Gasteiger partial charge < -0.3 is 21.1 Å². The largest absolute Gasteiger partial charge is 0.480 e. The van der Waals surface area contributed by atoms with Crippen molar-refractivity contribution in [2.45, 2.75) is 44.3 Å². The van der Waals surface area contributed by atoms with Crippen molar-refractivity contribution in [1.29, 1.82) is 0 Å². The maximum Gasteiger partial charge on any atom is 0.325 e. The first-order valence-electron chi connectivity index (χ1n) is 6.96. The fourth-order valence-electron chi connectivity index (χ4n) is 2.26. The summed E-state index contributed by atoms with van der Waals surface area (Å²) in [5, 5.41) is 11.2. The Bertz CT molecular complexity index is 405. The molecule has 120 valence electrons. The minimum atomic E-state index is -1.10. The molecule has 0 spiro atoms. The number of aliphatic carboxylic acids is 1. The molecule has 21 heavy (non-hydrogen) atoms. The molecule has 7 nitrogen and oxygen atoms in total. The first-order valence-corrected chi connectivity index (χ1v) is 8.36. The van der Waals surface area contributed by atoms with Crippen LogP contribution in [0.3, 0.4) is 0 Å². The first-order chi connectivity index (χ1) is 9.88. The van der Waals surface area contributed by atoms with Gasteiger partial charge in [-0.25, -0.2) is 0 Å². The fraction of sp³-hybridized carbons (Fsp3) is 0.769. The monoisotopic (exact) mass is 317 g/mol. The van der Waals surface area contributed by atoms with Crippen LogP contribution >= 0.6 is 11.8 Å². The zero-order valence-electron chi connectivity index (χ0n) is 12.4. The molecule has 1 aliphatic heterocycles. The van der Waals surface area contributed by atoms with E-state index in [1.165, 1.54) is 11.8 Å². The highest BCUT2D eigenvalue weighted by Gasteiger charge is 2.36. The Morgan fingerprint density at radius 1 is 1.48 bits per heavy atom. The molecule has 0 bridgehead atoms. The highest BCUT2D eigenvalue weighted by atomic mass is 32.2. The molecule has 8 heteroatoms. The van der Waals surface area contributed by atoms with Crippen molar-refractivity contribution in [2.24, 2.45) is 5.73 Å². The average molecular weight is 317 g/mol. The third kappa shape index (κ3) is 4.89. The van der Waals surface area contributed by atoms with Crippen molar-refractivity contribution < 1.29 is 19.5 Å². The highest BCUT2D eigenvalue weighted by Crippen LogP contribution is 2.19. The Labute approximate surface area is 128 Å². The van der Waals surface area contributed by atoms with Crippen LogP contribution < -0.4 is 11.1 Å². The number of rotatable bonds is 7. The lowest BCUT2D eigenvalue weighted by molar-refractivity contribution is -0.143. The predicted octanol–water partition coefficient (Wildman–Crippen LogP) is -0.353. The van der Waals surface area contributed by atoms with Crippen LogP contribution in [0.2, 0.25) is 0 Å². The average Bonchev–Trinajstić information content (AvgIpc) is 2.92. The van der Waals surface area contributed by atoms with Gasteiger partial charge in [0.2, 0.25) is 11.8 Å². The van der Waals surface area contributed by atoms with E-state index in [4.69, 9.17) is 10.8 Å². The molecule has 1 fully saturated rings. The third-order valence-corrected chi connectivity index (χ3v) is 4.16. The molecule has 0 saturated carbocycles. The van der Waals surface area contributed by atoms with Crippen LogP contribution in [-0.4, -0.2) is 64.5 Å². The number of carboxylic acid groups (broad SMARTS) is 1. The number of hydrogen-bond acceptors (Lipinski definition) is 5. The SMILES string of the molecule is CSCC[C@H](N)C(=O)N1CCC[C@H]1C(=O)N[C@@H](C)C(=O)O. The molecule has 1 aliphatic rings. The topological polar surface area (TPSA) is 113 Å². The quantitative estimate of drug-likeness (QED) is 0.591. The van der Waals surface area contributed by atoms with Crippen molar-refractivity contribution in [1.82, 2.24) is 10.2 Å². The second kappa shape index (κ2) is 8.23. The summed E-state index contributed by atoms with van der Waals surface area (Å²) < 4.78 is 0. The van der Waals surface area contributed by atoms with Gasteiger partial charge in [0.1, 0.15) is 12.1 Å². The highest BCUT2D eigenvalue weighted by molar-refractivity contribution is 7.98. The summed E-state index contributed by atoms with van der Waals surface area (Å²) in [5.41, 5.74) is 5.86. The molecule has 4 N–H and O–H groups in total. The molecule has 1 rings (SSSR count). The lowest BCUT2D eigenvalue weighted by atomic mass is 10.1. The summed E-state index contributed by atoms with van der Waals surface area (Å²) in [6.45, 7) is 1.89. The number of amides is 2. The molecule has 2 amide bonds. The molecule has 0 aromatic rings. The van der Waals surface area contributed by atoms with Crippen molar-refractivity contribution >= 4 is 29.5 Å². The van der Waals surface area contributed by atoms with Crippen molar-refractivity contribution in [3.8, 4) is 0 Å². The van der Waals surface area contributed by atoms with Gasteiger partial charge in [-0.15, -0.1) is 0 Å². The van der Waals surface area contributed by atoms with Gasteiger partial charge in [-0.3, -0.25) is 14.4 Å².